The van der Waals surface area contributed by atoms with E-state index in [1.54, 1.807) is 6.33 Å². The van der Waals surface area contributed by atoms with Gasteiger partial charge in [-0.2, -0.15) is 5.10 Å². The van der Waals surface area contributed by atoms with E-state index in [1.165, 1.54) is 0 Å². The lowest BCUT2D eigenvalue weighted by Gasteiger charge is -2.10. The number of hydrogen-bond donors (Lipinski definition) is 1. The van der Waals surface area contributed by atoms with Gasteiger partial charge in [0.15, 0.2) is 0 Å². The third-order valence-electron chi connectivity index (χ3n) is 2.31. The van der Waals surface area contributed by atoms with Gasteiger partial charge < -0.3 is 10.1 Å². The highest BCUT2D eigenvalue weighted by molar-refractivity contribution is 4.85. The van der Waals surface area contributed by atoms with Crippen molar-refractivity contribution in [2.75, 3.05) is 19.8 Å². The fourth-order valence-electron chi connectivity index (χ4n) is 1.45. The van der Waals surface area contributed by atoms with Crippen LogP contribution in [0.5, 0.6) is 0 Å². The average molecular weight is 238 g/mol. The molecular formula is C12H22N4O. The van der Waals surface area contributed by atoms with Crippen LogP contribution in [-0.2, 0) is 11.3 Å². The van der Waals surface area contributed by atoms with Crippen LogP contribution in [0.1, 0.15) is 32.1 Å². The second-order valence-corrected chi connectivity index (χ2v) is 4.08. The number of nitrogens with one attached hydrogen (secondary N) is 1. The summed E-state index contributed by atoms with van der Waals surface area (Å²) in [5, 5.41) is 7.46. The number of aromatic nitrogens is 3. The second-order valence-electron chi connectivity index (χ2n) is 4.08. The van der Waals surface area contributed by atoms with Crippen molar-refractivity contribution in [3.63, 3.8) is 0 Å². The Kier molecular flexibility index (Phi) is 6.50. The van der Waals surface area contributed by atoms with Crippen LogP contribution in [0.15, 0.2) is 19.0 Å². The van der Waals surface area contributed by atoms with Crippen LogP contribution in [-0.4, -0.2) is 34.5 Å². The normalized spacial score (nSPS) is 11.0. The van der Waals surface area contributed by atoms with Gasteiger partial charge in [0.05, 0.1) is 19.8 Å². The molecule has 0 aliphatic carbocycles. The van der Waals surface area contributed by atoms with Gasteiger partial charge in [-0.3, -0.25) is 0 Å². The Hall–Kier alpha value is -1.20. The topological polar surface area (TPSA) is 52.0 Å². The van der Waals surface area contributed by atoms with Crippen LogP contribution in [0.2, 0.25) is 0 Å². The Labute approximate surface area is 103 Å². The Morgan fingerprint density at radius 3 is 3.06 bits per heavy atom. The van der Waals surface area contributed by atoms with Crippen LogP contribution in [0.3, 0.4) is 0 Å². The average Bonchev–Trinajstić information content (AvgIpc) is 2.76. The number of hydrogen-bond acceptors (Lipinski definition) is 4. The van der Waals surface area contributed by atoms with Crippen molar-refractivity contribution in [2.45, 2.75) is 32.9 Å². The van der Waals surface area contributed by atoms with E-state index in [0.717, 1.165) is 31.9 Å². The summed E-state index contributed by atoms with van der Waals surface area (Å²) in [6.07, 6.45) is 4.36. The van der Waals surface area contributed by atoms with Gasteiger partial charge in [-0.25, -0.2) is 9.67 Å². The molecule has 1 rings (SSSR count). The van der Waals surface area contributed by atoms with Gasteiger partial charge in [0.25, 0.3) is 0 Å². The van der Waals surface area contributed by atoms with Crippen molar-refractivity contribution in [2.24, 2.45) is 0 Å². The fraction of sp³-hybridized carbons (Fsp3) is 0.667. The fourth-order valence-corrected chi connectivity index (χ4v) is 1.45. The van der Waals surface area contributed by atoms with Gasteiger partial charge in [0.2, 0.25) is 0 Å². The zero-order valence-electron chi connectivity index (χ0n) is 10.7. The Morgan fingerprint density at radius 1 is 1.53 bits per heavy atom. The molecule has 1 aromatic heterocycles. The predicted octanol–water partition coefficient (Wildman–Crippen LogP) is 1.54. The van der Waals surface area contributed by atoms with Crippen molar-refractivity contribution in [3.05, 3.63) is 24.8 Å². The standard InChI is InChI=1S/C12H22N4O/c1-4-5-7-17-8-6-13-9-12-14-10-15-16(12)11(2)3/h4,10-11,13H,1,5-9H2,2-3H3. The highest BCUT2D eigenvalue weighted by atomic mass is 16.5. The molecule has 0 aromatic carbocycles. The third kappa shape index (κ3) is 5.10. The van der Waals surface area contributed by atoms with Gasteiger partial charge in [-0.1, -0.05) is 6.08 Å². The van der Waals surface area contributed by atoms with Crippen LogP contribution >= 0.6 is 0 Å². The minimum absolute atomic E-state index is 0.346. The molecule has 0 spiro atoms. The van der Waals surface area contributed by atoms with Crippen molar-refractivity contribution >= 4 is 0 Å². The quantitative estimate of drug-likeness (QED) is 0.524. The van der Waals surface area contributed by atoms with Crippen LogP contribution < -0.4 is 5.32 Å². The summed E-state index contributed by atoms with van der Waals surface area (Å²) < 4.78 is 7.32. The summed E-state index contributed by atoms with van der Waals surface area (Å²) in [6.45, 7) is 10.8. The monoisotopic (exact) mass is 238 g/mol. The maximum atomic E-state index is 5.39. The first-order valence-corrected chi connectivity index (χ1v) is 6.03. The van der Waals surface area contributed by atoms with Gasteiger partial charge >= 0.3 is 0 Å². The van der Waals surface area contributed by atoms with Gasteiger partial charge in [0.1, 0.15) is 12.2 Å². The summed E-state index contributed by atoms with van der Waals surface area (Å²) in [6, 6.07) is 0.346. The van der Waals surface area contributed by atoms with Crippen molar-refractivity contribution in [1.82, 2.24) is 20.1 Å². The maximum Gasteiger partial charge on any atom is 0.141 e. The van der Waals surface area contributed by atoms with Gasteiger partial charge in [0, 0.05) is 12.6 Å². The van der Waals surface area contributed by atoms with E-state index >= 15 is 0 Å². The van der Waals surface area contributed by atoms with E-state index in [9.17, 15) is 0 Å². The molecule has 17 heavy (non-hydrogen) atoms. The van der Waals surface area contributed by atoms with Gasteiger partial charge in [-0.15, -0.1) is 6.58 Å². The van der Waals surface area contributed by atoms with Crippen LogP contribution in [0, 0.1) is 0 Å². The molecule has 5 heteroatoms. The molecule has 0 aliphatic heterocycles. The molecule has 0 radical (unpaired) electrons. The molecule has 0 amide bonds. The van der Waals surface area contributed by atoms with E-state index in [4.69, 9.17) is 4.74 Å². The Balaban J connectivity index is 2.13. The first kappa shape index (κ1) is 13.9. The number of ether oxygens (including phenoxy) is 1. The summed E-state index contributed by atoms with van der Waals surface area (Å²) in [4.78, 5) is 4.22. The summed E-state index contributed by atoms with van der Waals surface area (Å²) in [5.41, 5.74) is 0. The minimum Gasteiger partial charge on any atom is -0.380 e. The first-order valence-electron chi connectivity index (χ1n) is 6.03. The number of rotatable bonds is 9. The molecule has 0 unspecified atom stereocenters. The molecule has 5 nitrogen and oxygen atoms in total. The molecule has 1 N–H and O–H groups in total. The van der Waals surface area contributed by atoms with Crippen molar-refractivity contribution < 1.29 is 4.74 Å². The molecule has 96 valence electrons. The van der Waals surface area contributed by atoms with E-state index in [-0.39, 0.29) is 0 Å². The lowest BCUT2D eigenvalue weighted by atomic mass is 10.4. The van der Waals surface area contributed by atoms with E-state index in [2.05, 4.69) is 35.8 Å². The molecular weight excluding hydrogens is 216 g/mol. The van der Waals surface area contributed by atoms with Crippen molar-refractivity contribution in [3.8, 4) is 0 Å². The smallest absolute Gasteiger partial charge is 0.141 e. The SMILES string of the molecule is C=CCCOCCNCc1ncnn1C(C)C. The lowest BCUT2D eigenvalue weighted by molar-refractivity contribution is 0.140. The van der Waals surface area contributed by atoms with Crippen LogP contribution in [0.4, 0.5) is 0 Å². The predicted molar refractivity (Wildman–Crippen MR) is 67.7 cm³/mol. The molecule has 0 saturated heterocycles. The largest absolute Gasteiger partial charge is 0.380 e. The zero-order valence-corrected chi connectivity index (χ0v) is 10.7. The molecule has 0 fully saturated rings. The Bertz CT molecular complexity index is 322. The van der Waals surface area contributed by atoms with Crippen LogP contribution in [0.25, 0.3) is 0 Å². The highest BCUT2D eigenvalue weighted by Crippen LogP contribution is 2.04. The van der Waals surface area contributed by atoms with Crippen molar-refractivity contribution in [1.29, 1.82) is 0 Å². The summed E-state index contributed by atoms with van der Waals surface area (Å²) in [7, 11) is 0. The molecule has 0 aliphatic rings. The molecule has 1 heterocycles. The van der Waals surface area contributed by atoms with Gasteiger partial charge in [-0.05, 0) is 20.3 Å². The molecule has 0 bridgehead atoms. The Morgan fingerprint density at radius 2 is 2.35 bits per heavy atom. The highest BCUT2D eigenvalue weighted by Gasteiger charge is 2.06. The van der Waals surface area contributed by atoms with E-state index in [1.807, 2.05) is 10.8 Å². The first-order chi connectivity index (χ1) is 8.25. The minimum atomic E-state index is 0.346. The van der Waals surface area contributed by atoms with E-state index in [0.29, 0.717) is 12.6 Å². The van der Waals surface area contributed by atoms with E-state index < -0.39 is 0 Å². The second kappa shape index (κ2) is 7.97. The molecule has 1 aromatic rings. The maximum absolute atomic E-state index is 5.39. The molecule has 0 saturated carbocycles. The molecule has 0 atom stereocenters. The summed E-state index contributed by atoms with van der Waals surface area (Å²) in [5.74, 6) is 0.964. The zero-order chi connectivity index (χ0) is 12.5. The summed E-state index contributed by atoms with van der Waals surface area (Å²) >= 11 is 0. The lowest BCUT2D eigenvalue weighted by Crippen LogP contribution is -2.22. The number of nitrogens with zero attached hydrogens (tertiary/aromatic N) is 3. The third-order valence-corrected chi connectivity index (χ3v) is 2.31.